The Bertz CT molecular complexity index is 851. The van der Waals surface area contributed by atoms with Gasteiger partial charge in [0.1, 0.15) is 0 Å². The second-order valence-electron chi connectivity index (χ2n) is 6.01. The third-order valence-corrected chi connectivity index (χ3v) is 5.07. The van der Waals surface area contributed by atoms with E-state index in [1.165, 1.54) is 12.1 Å². The number of hydrogen-bond donors (Lipinski definition) is 3. The lowest BCUT2D eigenvalue weighted by Crippen LogP contribution is -2.32. The molecule has 0 bridgehead atoms. The lowest BCUT2D eigenvalue weighted by atomic mass is 10.2. The maximum atomic E-state index is 12.6. The van der Waals surface area contributed by atoms with Crippen LogP contribution in [0.25, 0.3) is 0 Å². The van der Waals surface area contributed by atoms with Crippen molar-refractivity contribution < 1.29 is 13.2 Å². The van der Waals surface area contributed by atoms with E-state index < -0.39 is 10.0 Å². The van der Waals surface area contributed by atoms with Crippen LogP contribution in [0.4, 0.5) is 5.69 Å². The van der Waals surface area contributed by atoms with Gasteiger partial charge in [-0.05, 0) is 55.8 Å². The number of aryl methyl sites for hydroxylation is 1. The monoisotopic (exact) mass is 375 g/mol. The van der Waals surface area contributed by atoms with Crippen LogP contribution in [0.3, 0.4) is 0 Å². The van der Waals surface area contributed by atoms with Gasteiger partial charge >= 0.3 is 0 Å². The fourth-order valence-electron chi connectivity index (χ4n) is 2.40. The fourth-order valence-corrected chi connectivity index (χ4v) is 3.49. The summed E-state index contributed by atoms with van der Waals surface area (Å²) < 4.78 is 27.7. The predicted molar refractivity (Wildman–Crippen MR) is 104 cm³/mol. The molecule has 0 aliphatic rings. The number of sulfonamides is 1. The molecule has 0 spiro atoms. The molecule has 0 unspecified atom stereocenters. The van der Waals surface area contributed by atoms with Crippen LogP contribution in [-0.4, -0.2) is 34.0 Å². The average Bonchev–Trinajstić information content (AvgIpc) is 2.61. The van der Waals surface area contributed by atoms with Crippen molar-refractivity contribution in [1.82, 2.24) is 10.6 Å². The van der Waals surface area contributed by atoms with E-state index in [1.807, 2.05) is 13.0 Å². The molecule has 0 aromatic heterocycles. The minimum Gasteiger partial charge on any atom is -0.351 e. The van der Waals surface area contributed by atoms with Crippen LogP contribution in [0.2, 0.25) is 0 Å². The molecule has 0 saturated heterocycles. The number of nitrogens with one attached hydrogen (secondary N) is 3. The van der Waals surface area contributed by atoms with E-state index >= 15 is 0 Å². The number of carbonyl (C=O) groups excluding carboxylic acids is 1. The first-order valence-corrected chi connectivity index (χ1v) is 10.1. The van der Waals surface area contributed by atoms with Crippen molar-refractivity contribution in [2.45, 2.75) is 25.2 Å². The topological polar surface area (TPSA) is 87.3 Å². The van der Waals surface area contributed by atoms with Crippen LogP contribution in [0.5, 0.6) is 0 Å². The SMILES string of the molecule is CCCNCCNC(=O)c1cccc(S(=O)(=O)Nc2cccc(C)c2)c1. The molecule has 26 heavy (non-hydrogen) atoms. The van der Waals surface area contributed by atoms with Crippen molar-refractivity contribution in [1.29, 1.82) is 0 Å². The molecule has 0 atom stereocenters. The highest BCUT2D eigenvalue weighted by atomic mass is 32.2. The average molecular weight is 375 g/mol. The standard InChI is InChI=1S/C19H25N3O3S/c1-3-10-20-11-12-21-19(23)16-7-5-9-18(14-16)26(24,25)22-17-8-4-6-15(2)13-17/h4-9,13-14,20,22H,3,10-12H2,1-2H3,(H,21,23). The maximum absolute atomic E-state index is 12.6. The van der Waals surface area contributed by atoms with Crippen LogP contribution >= 0.6 is 0 Å². The van der Waals surface area contributed by atoms with Gasteiger partial charge in [-0.25, -0.2) is 8.42 Å². The van der Waals surface area contributed by atoms with Crippen molar-refractivity contribution in [3.8, 4) is 0 Å². The summed E-state index contributed by atoms with van der Waals surface area (Å²) in [6.07, 6.45) is 1.03. The molecule has 1 amide bonds. The Balaban J connectivity index is 2.06. The van der Waals surface area contributed by atoms with Crippen LogP contribution in [0.1, 0.15) is 29.3 Å². The van der Waals surface area contributed by atoms with Crippen LogP contribution in [0.15, 0.2) is 53.4 Å². The zero-order chi connectivity index (χ0) is 19.0. The first-order valence-electron chi connectivity index (χ1n) is 8.61. The molecular weight excluding hydrogens is 350 g/mol. The predicted octanol–water partition coefficient (Wildman–Crippen LogP) is 2.53. The summed E-state index contributed by atoms with van der Waals surface area (Å²) in [6.45, 7) is 6.01. The third kappa shape index (κ3) is 5.86. The number of benzene rings is 2. The number of anilines is 1. The summed E-state index contributed by atoms with van der Waals surface area (Å²) in [7, 11) is -3.76. The van der Waals surface area contributed by atoms with Gasteiger partial charge in [-0.1, -0.05) is 25.1 Å². The van der Waals surface area contributed by atoms with Crippen molar-refractivity contribution >= 4 is 21.6 Å². The number of amides is 1. The van der Waals surface area contributed by atoms with Crippen LogP contribution in [0, 0.1) is 6.92 Å². The molecule has 0 aliphatic carbocycles. The van der Waals surface area contributed by atoms with Gasteiger partial charge < -0.3 is 10.6 Å². The molecule has 6 nitrogen and oxygen atoms in total. The molecule has 2 aromatic carbocycles. The third-order valence-electron chi connectivity index (χ3n) is 3.69. The Morgan fingerprint density at radius 2 is 1.77 bits per heavy atom. The largest absolute Gasteiger partial charge is 0.351 e. The molecule has 2 rings (SSSR count). The van der Waals surface area contributed by atoms with Crippen LogP contribution < -0.4 is 15.4 Å². The van der Waals surface area contributed by atoms with Gasteiger partial charge in [0.15, 0.2) is 0 Å². The second kappa shape index (κ2) is 9.35. The van der Waals surface area contributed by atoms with E-state index in [2.05, 4.69) is 22.3 Å². The minimum absolute atomic E-state index is 0.0516. The molecule has 0 radical (unpaired) electrons. The van der Waals surface area contributed by atoms with Gasteiger partial charge in [-0.3, -0.25) is 9.52 Å². The Morgan fingerprint density at radius 3 is 2.50 bits per heavy atom. The molecule has 0 aliphatic heterocycles. The first-order chi connectivity index (χ1) is 12.4. The Morgan fingerprint density at radius 1 is 1.00 bits per heavy atom. The smallest absolute Gasteiger partial charge is 0.261 e. The van der Waals surface area contributed by atoms with E-state index in [0.29, 0.717) is 24.3 Å². The van der Waals surface area contributed by atoms with Crippen molar-refractivity contribution in [3.05, 3.63) is 59.7 Å². The summed E-state index contributed by atoms with van der Waals surface area (Å²) in [6, 6.07) is 13.1. The number of hydrogen-bond acceptors (Lipinski definition) is 4. The lowest BCUT2D eigenvalue weighted by molar-refractivity contribution is 0.0953. The van der Waals surface area contributed by atoms with E-state index in [4.69, 9.17) is 0 Å². The fraction of sp³-hybridized carbons (Fsp3) is 0.316. The van der Waals surface area contributed by atoms with Gasteiger partial charge in [-0.2, -0.15) is 0 Å². The molecule has 2 aromatic rings. The van der Waals surface area contributed by atoms with Crippen molar-refractivity contribution in [3.63, 3.8) is 0 Å². The van der Waals surface area contributed by atoms with E-state index in [-0.39, 0.29) is 10.8 Å². The van der Waals surface area contributed by atoms with Gasteiger partial charge in [0.25, 0.3) is 15.9 Å². The highest BCUT2D eigenvalue weighted by molar-refractivity contribution is 7.92. The number of carbonyl (C=O) groups is 1. The highest BCUT2D eigenvalue weighted by Crippen LogP contribution is 2.18. The molecule has 3 N–H and O–H groups in total. The van der Waals surface area contributed by atoms with E-state index in [0.717, 1.165) is 18.5 Å². The second-order valence-corrected chi connectivity index (χ2v) is 7.69. The minimum atomic E-state index is -3.76. The molecular formula is C19H25N3O3S. The van der Waals surface area contributed by atoms with Gasteiger partial charge in [-0.15, -0.1) is 0 Å². The lowest BCUT2D eigenvalue weighted by Gasteiger charge is -2.10. The summed E-state index contributed by atoms with van der Waals surface area (Å²) in [5, 5.41) is 5.97. The zero-order valence-electron chi connectivity index (χ0n) is 15.1. The Labute approximate surface area is 155 Å². The normalized spacial score (nSPS) is 11.2. The van der Waals surface area contributed by atoms with Crippen LogP contribution in [-0.2, 0) is 10.0 Å². The zero-order valence-corrected chi connectivity index (χ0v) is 15.9. The molecule has 0 heterocycles. The highest BCUT2D eigenvalue weighted by Gasteiger charge is 2.16. The summed E-state index contributed by atoms with van der Waals surface area (Å²) in [5.74, 6) is -0.295. The molecule has 0 saturated carbocycles. The van der Waals surface area contributed by atoms with Gasteiger partial charge in [0.05, 0.1) is 4.90 Å². The van der Waals surface area contributed by atoms with Crippen molar-refractivity contribution in [2.24, 2.45) is 0 Å². The van der Waals surface area contributed by atoms with Crippen molar-refractivity contribution in [2.75, 3.05) is 24.4 Å². The summed E-state index contributed by atoms with van der Waals surface area (Å²) in [5.41, 5.74) is 1.75. The Kier molecular flexibility index (Phi) is 7.17. The van der Waals surface area contributed by atoms with E-state index in [1.54, 1.807) is 30.3 Å². The van der Waals surface area contributed by atoms with Gasteiger partial charge in [0.2, 0.25) is 0 Å². The first kappa shape index (κ1) is 19.9. The number of rotatable bonds is 9. The summed E-state index contributed by atoms with van der Waals surface area (Å²) >= 11 is 0. The molecule has 0 fully saturated rings. The quantitative estimate of drug-likeness (QED) is 0.588. The van der Waals surface area contributed by atoms with Gasteiger partial charge in [0, 0.05) is 24.3 Å². The van der Waals surface area contributed by atoms with E-state index in [9.17, 15) is 13.2 Å². The molecule has 7 heteroatoms. The Hall–Kier alpha value is -2.38. The summed E-state index contributed by atoms with van der Waals surface area (Å²) in [4.78, 5) is 12.3. The molecule has 140 valence electrons. The maximum Gasteiger partial charge on any atom is 0.261 e.